The Morgan fingerprint density at radius 3 is 2.84 bits per heavy atom. The van der Waals surface area contributed by atoms with Crippen LogP contribution in [0.4, 0.5) is 0 Å². The highest BCUT2D eigenvalue weighted by atomic mass is 35.5. The van der Waals surface area contributed by atoms with Crippen LogP contribution in [0.1, 0.15) is 25.3 Å². The van der Waals surface area contributed by atoms with Crippen LogP contribution in [0.2, 0.25) is 5.02 Å². The normalized spacial score (nSPS) is 18.3. The van der Waals surface area contributed by atoms with Crippen molar-refractivity contribution in [1.82, 2.24) is 5.32 Å². The minimum Gasteiger partial charge on any atom is -0.383 e. The Labute approximate surface area is 121 Å². The molecular formula is C16H24ClNO. The zero-order valence-corrected chi connectivity index (χ0v) is 12.7. The van der Waals surface area contributed by atoms with Gasteiger partial charge in [-0.3, -0.25) is 0 Å². The molecule has 0 aliphatic heterocycles. The zero-order valence-electron chi connectivity index (χ0n) is 11.9. The molecule has 2 nitrogen and oxygen atoms in total. The Kier molecular flexibility index (Phi) is 5.26. The summed E-state index contributed by atoms with van der Waals surface area (Å²) < 4.78 is 5.09. The number of halogens is 1. The lowest BCUT2D eigenvalue weighted by Gasteiger charge is -2.30. The second-order valence-corrected chi connectivity index (χ2v) is 6.34. The van der Waals surface area contributed by atoms with Crippen molar-refractivity contribution in [2.45, 2.75) is 26.2 Å². The lowest BCUT2D eigenvalue weighted by molar-refractivity contribution is 0.187. The van der Waals surface area contributed by atoms with Crippen LogP contribution in [0.15, 0.2) is 24.3 Å². The molecule has 2 rings (SSSR count). The van der Waals surface area contributed by atoms with Crippen LogP contribution < -0.4 is 5.32 Å². The molecule has 0 saturated heterocycles. The zero-order chi connectivity index (χ0) is 13.7. The molecule has 0 bridgehead atoms. The average Bonchev–Trinajstić information content (AvgIpc) is 3.19. The predicted octanol–water partition coefficient (Wildman–Crippen LogP) is 3.53. The van der Waals surface area contributed by atoms with E-state index in [2.05, 4.69) is 24.4 Å². The molecule has 1 aromatic rings. The topological polar surface area (TPSA) is 21.3 Å². The van der Waals surface area contributed by atoms with Crippen LogP contribution in [-0.4, -0.2) is 26.8 Å². The summed E-state index contributed by atoms with van der Waals surface area (Å²) in [5.41, 5.74) is 1.67. The third-order valence-electron chi connectivity index (χ3n) is 4.07. The third kappa shape index (κ3) is 4.48. The van der Waals surface area contributed by atoms with Gasteiger partial charge >= 0.3 is 0 Å². The molecule has 0 radical (unpaired) electrons. The molecule has 0 heterocycles. The third-order valence-corrected chi connectivity index (χ3v) is 4.31. The molecular weight excluding hydrogens is 258 g/mol. The number of methoxy groups -OCH3 is 1. The summed E-state index contributed by atoms with van der Waals surface area (Å²) in [5, 5.41) is 4.36. The largest absolute Gasteiger partial charge is 0.383 e. The Bertz CT molecular complexity index is 405. The predicted molar refractivity (Wildman–Crippen MR) is 80.7 cm³/mol. The first kappa shape index (κ1) is 14.8. The molecule has 1 N–H and O–H groups in total. The van der Waals surface area contributed by atoms with Gasteiger partial charge in [-0.25, -0.2) is 0 Å². The molecule has 106 valence electrons. The van der Waals surface area contributed by atoms with Crippen molar-refractivity contribution < 1.29 is 4.74 Å². The van der Waals surface area contributed by atoms with E-state index in [4.69, 9.17) is 16.3 Å². The van der Waals surface area contributed by atoms with Gasteiger partial charge in [-0.2, -0.15) is 0 Å². The van der Waals surface area contributed by atoms with Crippen LogP contribution in [-0.2, 0) is 11.2 Å². The number of benzene rings is 1. The Balaban J connectivity index is 1.94. The number of hydrogen-bond acceptors (Lipinski definition) is 2. The maximum atomic E-state index is 6.08. The molecule has 3 heteroatoms. The smallest absolute Gasteiger partial charge is 0.0587 e. The van der Waals surface area contributed by atoms with Crippen molar-refractivity contribution in [1.29, 1.82) is 0 Å². The summed E-state index contributed by atoms with van der Waals surface area (Å²) in [7, 11) is 1.74. The lowest BCUT2D eigenvalue weighted by Crippen LogP contribution is -2.37. The molecule has 1 aliphatic carbocycles. The molecule has 1 aliphatic rings. The summed E-state index contributed by atoms with van der Waals surface area (Å²) >= 11 is 6.08. The van der Waals surface area contributed by atoms with E-state index in [9.17, 15) is 0 Å². The first-order chi connectivity index (χ1) is 9.14. The summed E-state index contributed by atoms with van der Waals surface area (Å²) in [6.07, 6.45) is 3.82. The SMILES string of the molecule is COCCNCC(C)(Cc1cccc(Cl)c1)C1CC1. The van der Waals surface area contributed by atoms with Crippen LogP contribution in [0.3, 0.4) is 0 Å². The van der Waals surface area contributed by atoms with Gasteiger partial charge in [0.25, 0.3) is 0 Å². The standard InChI is InChI=1S/C16H24ClNO/c1-16(14-6-7-14,12-18-8-9-19-2)11-13-4-3-5-15(17)10-13/h3-5,10,14,18H,6-9,11-12H2,1-2H3. The molecule has 1 fully saturated rings. The van der Waals surface area contributed by atoms with Gasteiger partial charge in [0.1, 0.15) is 0 Å². The minimum atomic E-state index is 0.332. The van der Waals surface area contributed by atoms with E-state index in [0.29, 0.717) is 5.41 Å². The number of hydrogen-bond donors (Lipinski definition) is 1. The van der Waals surface area contributed by atoms with Gasteiger partial charge in [0.2, 0.25) is 0 Å². The highest BCUT2D eigenvalue weighted by Gasteiger charge is 2.40. The monoisotopic (exact) mass is 281 g/mol. The molecule has 0 aromatic heterocycles. The summed E-state index contributed by atoms with van der Waals surface area (Å²) in [4.78, 5) is 0. The van der Waals surface area contributed by atoms with Gasteiger partial charge in [0, 0.05) is 25.2 Å². The Morgan fingerprint density at radius 2 is 2.21 bits per heavy atom. The van der Waals surface area contributed by atoms with Gasteiger partial charge in [0.05, 0.1) is 6.61 Å². The molecule has 1 unspecified atom stereocenters. The van der Waals surface area contributed by atoms with E-state index in [1.54, 1.807) is 7.11 Å². The molecule has 0 spiro atoms. The van der Waals surface area contributed by atoms with Crippen LogP contribution >= 0.6 is 11.6 Å². The van der Waals surface area contributed by atoms with Crippen LogP contribution in [0.25, 0.3) is 0 Å². The van der Waals surface area contributed by atoms with Crippen molar-refractivity contribution in [2.24, 2.45) is 11.3 Å². The fourth-order valence-electron chi connectivity index (χ4n) is 2.79. The van der Waals surface area contributed by atoms with Gasteiger partial charge in [-0.05, 0) is 48.3 Å². The number of nitrogens with one attached hydrogen (secondary N) is 1. The second kappa shape index (κ2) is 6.74. The summed E-state index contributed by atoms with van der Waals surface area (Å²) in [6.45, 7) is 5.14. The van der Waals surface area contributed by atoms with Gasteiger partial charge in [0.15, 0.2) is 0 Å². The second-order valence-electron chi connectivity index (χ2n) is 5.90. The first-order valence-electron chi connectivity index (χ1n) is 7.08. The average molecular weight is 282 g/mol. The van der Waals surface area contributed by atoms with Crippen molar-refractivity contribution in [3.05, 3.63) is 34.9 Å². The van der Waals surface area contributed by atoms with Gasteiger partial charge in [-0.1, -0.05) is 30.7 Å². The van der Waals surface area contributed by atoms with Gasteiger partial charge < -0.3 is 10.1 Å². The summed E-state index contributed by atoms with van der Waals surface area (Å²) in [5.74, 6) is 0.849. The van der Waals surface area contributed by atoms with E-state index < -0.39 is 0 Å². The maximum Gasteiger partial charge on any atom is 0.0587 e. The fourth-order valence-corrected chi connectivity index (χ4v) is 3.01. The van der Waals surface area contributed by atoms with E-state index in [1.165, 1.54) is 18.4 Å². The van der Waals surface area contributed by atoms with E-state index in [1.807, 2.05) is 12.1 Å². The van der Waals surface area contributed by atoms with Crippen molar-refractivity contribution >= 4 is 11.6 Å². The van der Waals surface area contributed by atoms with E-state index >= 15 is 0 Å². The Morgan fingerprint density at radius 1 is 1.42 bits per heavy atom. The first-order valence-corrected chi connectivity index (χ1v) is 7.46. The van der Waals surface area contributed by atoms with Crippen LogP contribution in [0.5, 0.6) is 0 Å². The maximum absolute atomic E-state index is 6.08. The van der Waals surface area contributed by atoms with Gasteiger partial charge in [-0.15, -0.1) is 0 Å². The number of rotatable bonds is 8. The molecule has 1 aromatic carbocycles. The molecule has 0 amide bonds. The van der Waals surface area contributed by atoms with E-state index in [0.717, 1.165) is 37.1 Å². The summed E-state index contributed by atoms with van der Waals surface area (Å²) in [6, 6.07) is 8.26. The molecule has 1 atom stereocenters. The highest BCUT2D eigenvalue weighted by Crippen LogP contribution is 2.47. The van der Waals surface area contributed by atoms with Crippen molar-refractivity contribution in [3.63, 3.8) is 0 Å². The van der Waals surface area contributed by atoms with Crippen molar-refractivity contribution in [3.8, 4) is 0 Å². The quantitative estimate of drug-likeness (QED) is 0.736. The van der Waals surface area contributed by atoms with Crippen LogP contribution in [0, 0.1) is 11.3 Å². The highest BCUT2D eigenvalue weighted by molar-refractivity contribution is 6.30. The van der Waals surface area contributed by atoms with Crippen molar-refractivity contribution in [2.75, 3.05) is 26.8 Å². The fraction of sp³-hybridized carbons (Fsp3) is 0.625. The lowest BCUT2D eigenvalue weighted by atomic mass is 9.79. The number of ether oxygens (including phenoxy) is 1. The van der Waals surface area contributed by atoms with E-state index in [-0.39, 0.29) is 0 Å². The molecule has 19 heavy (non-hydrogen) atoms. The Hall–Kier alpha value is -0.570. The molecule has 1 saturated carbocycles. The minimum absolute atomic E-state index is 0.332.